The third-order valence-corrected chi connectivity index (χ3v) is 6.48. The Morgan fingerprint density at radius 2 is 2.09 bits per heavy atom. The summed E-state index contributed by atoms with van der Waals surface area (Å²) in [4.78, 5) is 20.9. The highest BCUT2D eigenvalue weighted by Crippen LogP contribution is 2.24. The summed E-state index contributed by atoms with van der Waals surface area (Å²) in [5.74, 6) is 2.62. The van der Waals surface area contributed by atoms with E-state index in [0.29, 0.717) is 12.6 Å². The third-order valence-electron chi connectivity index (χ3n) is 4.79. The van der Waals surface area contributed by atoms with E-state index in [-0.39, 0.29) is 6.03 Å². The lowest BCUT2D eigenvalue weighted by molar-refractivity contribution is 0.133. The number of urea groups is 1. The SMILES string of the molecule is CN(Cc1cscn1)C(=O)NC1CCN(C2CCSCC2)CC1. The number of hydrogen-bond donors (Lipinski definition) is 1. The van der Waals surface area contributed by atoms with Crippen LogP contribution in [-0.2, 0) is 6.54 Å². The molecular weight excluding hydrogens is 328 g/mol. The Labute approximate surface area is 146 Å². The molecular formula is C16H26N4OS2. The van der Waals surface area contributed by atoms with Crippen molar-refractivity contribution in [2.45, 2.75) is 44.3 Å². The largest absolute Gasteiger partial charge is 0.335 e. The molecule has 0 saturated carbocycles. The molecule has 0 aromatic carbocycles. The minimum absolute atomic E-state index is 0.0190. The molecule has 23 heavy (non-hydrogen) atoms. The highest BCUT2D eigenvalue weighted by atomic mass is 32.2. The molecule has 5 nitrogen and oxygen atoms in total. The van der Waals surface area contributed by atoms with Crippen molar-refractivity contribution in [1.29, 1.82) is 0 Å². The molecule has 0 spiro atoms. The van der Waals surface area contributed by atoms with Crippen LogP contribution in [0.25, 0.3) is 0 Å². The van der Waals surface area contributed by atoms with Crippen molar-refractivity contribution >= 4 is 29.1 Å². The van der Waals surface area contributed by atoms with E-state index in [9.17, 15) is 4.79 Å². The van der Waals surface area contributed by atoms with Crippen LogP contribution < -0.4 is 5.32 Å². The maximum Gasteiger partial charge on any atom is 0.317 e. The molecule has 0 unspecified atom stereocenters. The topological polar surface area (TPSA) is 48.5 Å². The molecule has 2 amide bonds. The molecule has 1 N–H and O–H groups in total. The number of hydrogen-bond acceptors (Lipinski definition) is 5. The minimum atomic E-state index is 0.0190. The fourth-order valence-corrected chi connectivity index (χ4v) is 5.01. The van der Waals surface area contributed by atoms with E-state index in [2.05, 4.69) is 27.0 Å². The van der Waals surface area contributed by atoms with E-state index in [1.54, 1.807) is 21.7 Å². The number of carbonyl (C=O) groups excluding carboxylic acids is 1. The van der Waals surface area contributed by atoms with Crippen molar-refractivity contribution in [1.82, 2.24) is 20.1 Å². The van der Waals surface area contributed by atoms with Crippen LogP contribution in [0.2, 0.25) is 0 Å². The number of carbonyl (C=O) groups is 1. The standard InChI is InChI=1S/C16H26N4OS2/c1-19(10-14-11-23-12-17-14)16(21)18-13-2-6-20(7-3-13)15-4-8-22-9-5-15/h11-13,15H,2-10H2,1H3,(H,18,21). The van der Waals surface area contributed by atoms with Gasteiger partial charge < -0.3 is 15.1 Å². The number of thiazole rings is 1. The van der Waals surface area contributed by atoms with Crippen LogP contribution >= 0.6 is 23.1 Å². The lowest BCUT2D eigenvalue weighted by atomic mass is 10.0. The van der Waals surface area contributed by atoms with Gasteiger partial charge in [0.1, 0.15) is 0 Å². The molecule has 3 rings (SSSR count). The summed E-state index contributed by atoms with van der Waals surface area (Å²) < 4.78 is 0. The summed E-state index contributed by atoms with van der Waals surface area (Å²) in [6, 6.07) is 1.11. The van der Waals surface area contributed by atoms with Crippen LogP contribution in [-0.4, -0.2) is 64.5 Å². The maximum absolute atomic E-state index is 12.3. The summed E-state index contributed by atoms with van der Waals surface area (Å²) >= 11 is 3.65. The van der Waals surface area contributed by atoms with E-state index < -0.39 is 0 Å². The van der Waals surface area contributed by atoms with Gasteiger partial charge in [0.05, 0.1) is 17.7 Å². The van der Waals surface area contributed by atoms with E-state index in [4.69, 9.17) is 0 Å². The van der Waals surface area contributed by atoms with Crippen LogP contribution in [0.3, 0.4) is 0 Å². The average Bonchev–Trinajstić information content (AvgIpc) is 3.09. The number of nitrogens with zero attached hydrogens (tertiary/aromatic N) is 3. The van der Waals surface area contributed by atoms with Gasteiger partial charge in [0.2, 0.25) is 0 Å². The molecule has 7 heteroatoms. The van der Waals surface area contributed by atoms with Crippen molar-refractivity contribution in [3.63, 3.8) is 0 Å². The summed E-state index contributed by atoms with van der Waals surface area (Å²) in [6.07, 6.45) is 4.80. The van der Waals surface area contributed by atoms with Gasteiger partial charge in [-0.2, -0.15) is 11.8 Å². The smallest absolute Gasteiger partial charge is 0.317 e. The van der Waals surface area contributed by atoms with Gasteiger partial charge in [-0.15, -0.1) is 11.3 Å². The van der Waals surface area contributed by atoms with Gasteiger partial charge in [-0.25, -0.2) is 9.78 Å². The van der Waals surface area contributed by atoms with Crippen LogP contribution in [0.5, 0.6) is 0 Å². The van der Waals surface area contributed by atoms with Crippen LogP contribution in [0.4, 0.5) is 4.79 Å². The molecule has 1 aromatic heterocycles. The number of rotatable bonds is 4. The van der Waals surface area contributed by atoms with E-state index >= 15 is 0 Å². The second-order valence-electron chi connectivity index (χ2n) is 6.44. The number of nitrogens with one attached hydrogen (secondary N) is 1. The van der Waals surface area contributed by atoms with Gasteiger partial charge in [0.15, 0.2) is 0 Å². The van der Waals surface area contributed by atoms with Crippen LogP contribution in [0.15, 0.2) is 10.9 Å². The van der Waals surface area contributed by atoms with E-state index in [0.717, 1.165) is 37.7 Å². The monoisotopic (exact) mass is 354 g/mol. The predicted molar refractivity (Wildman–Crippen MR) is 97.1 cm³/mol. The highest BCUT2D eigenvalue weighted by molar-refractivity contribution is 7.99. The number of amides is 2. The molecule has 2 saturated heterocycles. The van der Waals surface area contributed by atoms with Crippen molar-refractivity contribution in [3.05, 3.63) is 16.6 Å². The lowest BCUT2D eigenvalue weighted by Crippen LogP contribution is -2.50. The number of piperidine rings is 1. The Morgan fingerprint density at radius 3 is 2.74 bits per heavy atom. The summed E-state index contributed by atoms with van der Waals surface area (Å²) in [5.41, 5.74) is 2.76. The molecule has 128 valence electrons. The first kappa shape index (κ1) is 17.0. The second-order valence-corrected chi connectivity index (χ2v) is 8.38. The van der Waals surface area contributed by atoms with Crippen LogP contribution in [0.1, 0.15) is 31.4 Å². The predicted octanol–water partition coefficient (Wildman–Crippen LogP) is 2.64. The van der Waals surface area contributed by atoms with Gasteiger partial charge >= 0.3 is 6.03 Å². The molecule has 2 fully saturated rings. The molecule has 2 aliphatic rings. The Hall–Kier alpha value is -0.790. The molecule has 0 bridgehead atoms. The van der Waals surface area contributed by atoms with Gasteiger partial charge in [-0.1, -0.05) is 0 Å². The van der Waals surface area contributed by atoms with Crippen molar-refractivity contribution in [2.24, 2.45) is 0 Å². The van der Waals surface area contributed by atoms with E-state index in [1.807, 2.05) is 12.4 Å². The number of aromatic nitrogens is 1. The highest BCUT2D eigenvalue weighted by Gasteiger charge is 2.27. The van der Waals surface area contributed by atoms with Gasteiger partial charge in [0.25, 0.3) is 0 Å². The van der Waals surface area contributed by atoms with Gasteiger partial charge in [-0.05, 0) is 37.2 Å². The van der Waals surface area contributed by atoms with E-state index in [1.165, 1.54) is 24.3 Å². The molecule has 0 radical (unpaired) electrons. The Kier molecular flexibility index (Phi) is 6.19. The Morgan fingerprint density at radius 1 is 1.35 bits per heavy atom. The van der Waals surface area contributed by atoms with Crippen molar-refractivity contribution < 1.29 is 4.79 Å². The summed E-state index contributed by atoms with van der Waals surface area (Å²) in [6.45, 7) is 2.82. The normalized spacial score (nSPS) is 21.3. The summed E-state index contributed by atoms with van der Waals surface area (Å²) in [7, 11) is 1.84. The van der Waals surface area contributed by atoms with Crippen molar-refractivity contribution in [2.75, 3.05) is 31.6 Å². The van der Waals surface area contributed by atoms with Gasteiger partial charge in [0, 0.05) is 37.6 Å². The summed E-state index contributed by atoms with van der Waals surface area (Å²) in [5, 5.41) is 5.18. The van der Waals surface area contributed by atoms with Crippen LogP contribution in [0, 0.1) is 0 Å². The molecule has 3 heterocycles. The Balaban J connectivity index is 1.40. The molecule has 0 atom stereocenters. The second kappa shape index (κ2) is 8.35. The molecule has 2 aliphatic heterocycles. The zero-order valence-electron chi connectivity index (χ0n) is 13.7. The average molecular weight is 355 g/mol. The van der Waals surface area contributed by atoms with Crippen molar-refractivity contribution in [3.8, 4) is 0 Å². The fraction of sp³-hybridized carbons (Fsp3) is 0.750. The first-order valence-electron chi connectivity index (χ1n) is 8.43. The minimum Gasteiger partial charge on any atom is -0.335 e. The first-order chi connectivity index (χ1) is 11.2. The lowest BCUT2D eigenvalue weighted by Gasteiger charge is -2.39. The van der Waals surface area contributed by atoms with Gasteiger partial charge in [-0.3, -0.25) is 0 Å². The molecule has 0 aliphatic carbocycles. The zero-order chi connectivity index (χ0) is 16.1. The quantitative estimate of drug-likeness (QED) is 0.903. The Bertz CT molecular complexity index is 482. The molecule has 1 aromatic rings. The number of likely N-dealkylation sites (tertiary alicyclic amines) is 1. The maximum atomic E-state index is 12.3. The first-order valence-corrected chi connectivity index (χ1v) is 10.5. The zero-order valence-corrected chi connectivity index (χ0v) is 15.4. The third kappa shape index (κ3) is 4.84. The number of thioether (sulfide) groups is 1. The fourth-order valence-electron chi connectivity index (χ4n) is 3.37.